The van der Waals surface area contributed by atoms with E-state index in [2.05, 4.69) is 67.3 Å². The molecule has 0 atom stereocenters. The van der Waals surface area contributed by atoms with Crippen molar-refractivity contribution in [3.8, 4) is 11.5 Å². The number of aromatic nitrogens is 3. The third-order valence-electron chi connectivity index (χ3n) is 5.20. The van der Waals surface area contributed by atoms with E-state index in [1.54, 1.807) is 18.0 Å². The zero-order valence-electron chi connectivity index (χ0n) is 19.5. The lowest BCUT2D eigenvalue weighted by molar-refractivity contribution is 0.284. The Hall–Kier alpha value is -2.93. The van der Waals surface area contributed by atoms with Crippen molar-refractivity contribution in [2.75, 3.05) is 7.11 Å². The zero-order valence-corrected chi connectivity index (χ0v) is 20.3. The Morgan fingerprint density at radius 1 is 1.12 bits per heavy atom. The van der Waals surface area contributed by atoms with E-state index in [0.29, 0.717) is 22.9 Å². The summed E-state index contributed by atoms with van der Waals surface area (Å²) in [4.78, 5) is 0. The number of methoxy groups -OCH3 is 1. The highest BCUT2D eigenvalue weighted by molar-refractivity contribution is 7.71. The highest BCUT2D eigenvalue weighted by atomic mass is 32.1. The summed E-state index contributed by atoms with van der Waals surface area (Å²) in [6, 6.07) is 14.3. The fourth-order valence-electron chi connectivity index (χ4n) is 3.21. The van der Waals surface area contributed by atoms with E-state index in [0.717, 1.165) is 36.2 Å². The lowest BCUT2D eigenvalue weighted by atomic mass is 9.87. The maximum Gasteiger partial charge on any atom is 0.216 e. The molecule has 0 radical (unpaired) electrons. The van der Waals surface area contributed by atoms with E-state index in [1.165, 1.54) is 5.56 Å². The van der Waals surface area contributed by atoms with Crippen LogP contribution in [0.15, 0.2) is 47.6 Å². The second-order valence-electron chi connectivity index (χ2n) is 8.75. The van der Waals surface area contributed by atoms with Crippen molar-refractivity contribution < 1.29 is 9.47 Å². The molecule has 3 rings (SSSR count). The first kappa shape index (κ1) is 23.7. The van der Waals surface area contributed by atoms with Gasteiger partial charge in [-0.15, -0.1) is 0 Å². The number of aromatic amines is 1. The van der Waals surface area contributed by atoms with Gasteiger partial charge in [0, 0.05) is 6.42 Å². The summed E-state index contributed by atoms with van der Waals surface area (Å²) in [6.07, 6.45) is 4.70. The van der Waals surface area contributed by atoms with E-state index in [-0.39, 0.29) is 5.41 Å². The van der Waals surface area contributed by atoms with Crippen LogP contribution in [0.5, 0.6) is 11.5 Å². The van der Waals surface area contributed by atoms with Gasteiger partial charge in [-0.1, -0.05) is 58.4 Å². The molecule has 1 aromatic heterocycles. The van der Waals surface area contributed by atoms with Crippen LogP contribution in [-0.4, -0.2) is 28.2 Å². The van der Waals surface area contributed by atoms with Crippen molar-refractivity contribution in [1.29, 1.82) is 0 Å². The number of hydrogen-bond donors (Lipinski definition) is 1. The molecule has 170 valence electrons. The van der Waals surface area contributed by atoms with Gasteiger partial charge in [-0.2, -0.15) is 14.9 Å². The number of nitrogens with one attached hydrogen (secondary N) is 1. The molecule has 7 heteroatoms. The molecule has 6 nitrogen and oxygen atoms in total. The number of hydrogen-bond acceptors (Lipinski definition) is 5. The van der Waals surface area contributed by atoms with Crippen molar-refractivity contribution in [3.05, 3.63) is 69.8 Å². The normalized spacial score (nSPS) is 11.8. The van der Waals surface area contributed by atoms with Crippen molar-refractivity contribution in [2.45, 2.75) is 59.0 Å². The molecule has 32 heavy (non-hydrogen) atoms. The van der Waals surface area contributed by atoms with Crippen molar-refractivity contribution in [3.63, 3.8) is 0 Å². The van der Waals surface area contributed by atoms with E-state index < -0.39 is 0 Å². The van der Waals surface area contributed by atoms with Crippen LogP contribution in [0.25, 0.3) is 0 Å². The fourth-order valence-corrected chi connectivity index (χ4v) is 3.41. The highest BCUT2D eigenvalue weighted by Crippen LogP contribution is 2.29. The third kappa shape index (κ3) is 6.07. The van der Waals surface area contributed by atoms with Crippen LogP contribution in [0.1, 0.15) is 63.1 Å². The summed E-state index contributed by atoms with van der Waals surface area (Å²) in [7, 11) is 1.64. The van der Waals surface area contributed by atoms with Gasteiger partial charge < -0.3 is 9.47 Å². The molecule has 0 unspecified atom stereocenters. The van der Waals surface area contributed by atoms with Crippen LogP contribution in [0.2, 0.25) is 0 Å². The molecule has 0 saturated carbocycles. The van der Waals surface area contributed by atoms with Gasteiger partial charge >= 0.3 is 0 Å². The monoisotopic (exact) mass is 452 g/mol. The van der Waals surface area contributed by atoms with Gasteiger partial charge in [-0.25, -0.2) is 0 Å². The first-order valence-electron chi connectivity index (χ1n) is 10.9. The van der Waals surface area contributed by atoms with E-state index >= 15 is 0 Å². The second-order valence-corrected chi connectivity index (χ2v) is 9.14. The summed E-state index contributed by atoms with van der Waals surface area (Å²) < 4.78 is 13.7. The molecule has 0 aliphatic heterocycles. The number of aryl methyl sites for hydroxylation is 1. The Bertz CT molecular complexity index is 1110. The Morgan fingerprint density at radius 2 is 1.88 bits per heavy atom. The van der Waals surface area contributed by atoms with E-state index in [4.69, 9.17) is 21.7 Å². The topological polar surface area (TPSA) is 64.4 Å². The summed E-state index contributed by atoms with van der Waals surface area (Å²) in [6.45, 7) is 9.24. The molecule has 0 bridgehead atoms. The van der Waals surface area contributed by atoms with Gasteiger partial charge in [0.1, 0.15) is 6.61 Å². The average Bonchev–Trinajstić information content (AvgIpc) is 3.13. The smallest absolute Gasteiger partial charge is 0.216 e. The second kappa shape index (κ2) is 10.6. The molecular weight excluding hydrogens is 420 g/mol. The molecule has 3 aromatic rings. The minimum absolute atomic E-state index is 0.136. The number of nitrogens with zero attached hydrogens (tertiary/aromatic N) is 3. The molecule has 1 N–H and O–H groups in total. The summed E-state index contributed by atoms with van der Waals surface area (Å²) in [5.74, 6) is 2.17. The average molecular weight is 453 g/mol. The van der Waals surface area contributed by atoms with Crippen molar-refractivity contribution >= 4 is 18.4 Å². The lowest BCUT2D eigenvalue weighted by Gasteiger charge is -2.19. The predicted molar refractivity (Wildman–Crippen MR) is 131 cm³/mol. The number of H-pyrrole nitrogens is 1. The lowest BCUT2D eigenvalue weighted by Crippen LogP contribution is -2.10. The van der Waals surface area contributed by atoms with Gasteiger partial charge in [0.15, 0.2) is 17.3 Å². The van der Waals surface area contributed by atoms with Gasteiger partial charge in [0.25, 0.3) is 0 Å². The first-order chi connectivity index (χ1) is 15.3. The summed E-state index contributed by atoms with van der Waals surface area (Å²) >= 11 is 5.30. The van der Waals surface area contributed by atoms with Crippen LogP contribution >= 0.6 is 12.2 Å². The minimum atomic E-state index is 0.136. The number of benzene rings is 2. The molecule has 0 aliphatic rings. The van der Waals surface area contributed by atoms with Crippen LogP contribution in [0.4, 0.5) is 0 Å². The van der Waals surface area contributed by atoms with Crippen molar-refractivity contribution in [1.82, 2.24) is 14.9 Å². The Labute approximate surface area is 195 Å². The summed E-state index contributed by atoms with van der Waals surface area (Å²) in [5, 5.41) is 11.6. The molecule has 0 amide bonds. The number of rotatable bonds is 9. The van der Waals surface area contributed by atoms with Crippen LogP contribution < -0.4 is 9.47 Å². The number of ether oxygens (including phenoxy) is 2. The zero-order chi connectivity index (χ0) is 23.1. The third-order valence-corrected chi connectivity index (χ3v) is 5.46. The van der Waals surface area contributed by atoms with E-state index in [9.17, 15) is 0 Å². The summed E-state index contributed by atoms with van der Waals surface area (Å²) in [5.41, 5.74) is 3.43. The van der Waals surface area contributed by atoms with Gasteiger partial charge in [-0.05, 0) is 58.9 Å². The maximum absolute atomic E-state index is 6.02. The molecule has 0 spiro atoms. The maximum atomic E-state index is 6.02. The molecule has 0 saturated heterocycles. The molecular formula is C25H32N4O2S. The quantitative estimate of drug-likeness (QED) is 0.317. The molecule has 0 fully saturated rings. The van der Waals surface area contributed by atoms with Crippen LogP contribution in [0, 0.1) is 4.77 Å². The Balaban J connectivity index is 1.70. The SMILES string of the molecule is CCCCc1n[nH]c(=S)n1/N=C/c1ccc(OCc2ccc(C(C)(C)C)cc2)c(OC)c1. The Morgan fingerprint density at radius 3 is 2.53 bits per heavy atom. The molecule has 0 aliphatic carbocycles. The largest absolute Gasteiger partial charge is 0.493 e. The van der Waals surface area contributed by atoms with Crippen LogP contribution in [0.3, 0.4) is 0 Å². The standard InChI is InChI=1S/C25H32N4O2S/c1-6-7-8-23-27-28-24(32)29(23)26-16-19-11-14-21(22(15-19)30-5)31-17-18-9-12-20(13-10-18)25(2,3)4/h9-16H,6-8,17H2,1-5H3,(H,28,32)/b26-16+. The molecule has 1 heterocycles. The van der Waals surface area contributed by atoms with Gasteiger partial charge in [0.05, 0.1) is 13.3 Å². The van der Waals surface area contributed by atoms with Crippen LogP contribution in [-0.2, 0) is 18.4 Å². The molecule has 2 aromatic carbocycles. The fraction of sp³-hybridized carbons (Fsp3) is 0.400. The number of unbranched alkanes of at least 4 members (excludes halogenated alkanes) is 1. The minimum Gasteiger partial charge on any atom is -0.493 e. The van der Waals surface area contributed by atoms with Crippen molar-refractivity contribution in [2.24, 2.45) is 5.10 Å². The predicted octanol–water partition coefficient (Wildman–Crippen LogP) is 6.05. The van der Waals surface area contributed by atoms with Gasteiger partial charge in [-0.3, -0.25) is 5.10 Å². The van der Waals surface area contributed by atoms with E-state index in [1.807, 2.05) is 18.2 Å². The highest BCUT2D eigenvalue weighted by Gasteiger charge is 2.13. The van der Waals surface area contributed by atoms with Gasteiger partial charge in [0.2, 0.25) is 4.77 Å². The first-order valence-corrected chi connectivity index (χ1v) is 11.3. The Kier molecular flexibility index (Phi) is 7.85.